The molecule has 0 aliphatic heterocycles. The second kappa shape index (κ2) is 9.56. The fraction of sp³-hybridized carbons (Fsp3) is 0.409. The molecule has 1 saturated carbocycles. The highest BCUT2D eigenvalue weighted by Gasteiger charge is 2.33. The Hall–Kier alpha value is -3.14. The van der Waals surface area contributed by atoms with Crippen LogP contribution in [0.1, 0.15) is 47.4 Å². The number of hydrogen-bond acceptors (Lipinski definition) is 6. The average molecular weight is 449 g/mol. The topological polar surface area (TPSA) is 104 Å². The Labute approximate surface area is 184 Å². The van der Waals surface area contributed by atoms with E-state index >= 15 is 0 Å². The lowest BCUT2D eigenvalue weighted by atomic mass is 9.93. The summed E-state index contributed by atoms with van der Waals surface area (Å²) in [5, 5.41) is 12.3. The monoisotopic (exact) mass is 449 g/mol. The van der Waals surface area contributed by atoms with E-state index in [4.69, 9.17) is 5.73 Å². The second-order valence-corrected chi connectivity index (χ2v) is 7.99. The first-order chi connectivity index (χ1) is 15.0. The molecule has 1 aromatic heterocycles. The number of benzene rings is 1. The smallest absolute Gasteiger partial charge is 0.398 e. The van der Waals surface area contributed by atoms with Crippen LogP contribution < -0.4 is 16.0 Å². The Morgan fingerprint density at radius 1 is 1.25 bits per heavy atom. The molecule has 2 aromatic rings. The van der Waals surface area contributed by atoms with Crippen molar-refractivity contribution in [2.45, 2.75) is 44.0 Å². The van der Waals surface area contributed by atoms with Crippen molar-refractivity contribution in [3.05, 3.63) is 47.3 Å². The van der Waals surface area contributed by atoms with Crippen molar-refractivity contribution in [1.82, 2.24) is 4.98 Å². The lowest BCUT2D eigenvalue weighted by molar-refractivity contribution is -0.141. The summed E-state index contributed by atoms with van der Waals surface area (Å²) < 4.78 is 38.8. The maximum absolute atomic E-state index is 12.9. The number of pyridine rings is 1. The summed E-state index contributed by atoms with van der Waals surface area (Å²) >= 11 is 0. The number of alkyl halides is 3. The highest BCUT2D eigenvalue weighted by atomic mass is 19.4. The van der Waals surface area contributed by atoms with E-state index < -0.39 is 17.8 Å². The van der Waals surface area contributed by atoms with Crippen molar-refractivity contribution in [2.75, 3.05) is 30.0 Å². The molecule has 0 bridgehead atoms. The van der Waals surface area contributed by atoms with Crippen molar-refractivity contribution < 1.29 is 23.1 Å². The molecule has 4 N–H and O–H groups in total. The van der Waals surface area contributed by atoms with Crippen LogP contribution >= 0.6 is 0 Å². The highest BCUT2D eigenvalue weighted by Crippen LogP contribution is 2.31. The maximum Gasteiger partial charge on any atom is 0.433 e. The zero-order chi connectivity index (χ0) is 23.5. The molecule has 32 heavy (non-hydrogen) atoms. The van der Waals surface area contributed by atoms with Gasteiger partial charge >= 0.3 is 6.18 Å². The third-order valence-electron chi connectivity index (χ3n) is 5.29. The summed E-state index contributed by atoms with van der Waals surface area (Å²) in [6, 6.07) is 6.55. The number of nitrogens with one attached hydrogen (secondary N) is 1. The van der Waals surface area contributed by atoms with Gasteiger partial charge in [-0.15, -0.1) is 0 Å². The fourth-order valence-electron chi connectivity index (χ4n) is 3.50. The SMILES string of the molecule is CN(C)c1cc(N)c(C=NC2CCC(O)CC2)cc1NC(=O)c1cccc(C(F)(F)F)n1. The van der Waals surface area contributed by atoms with Crippen LogP contribution in [0, 0.1) is 0 Å². The Kier molecular flexibility index (Phi) is 7.02. The molecule has 0 unspecified atom stereocenters. The minimum absolute atomic E-state index is 0.0821. The summed E-state index contributed by atoms with van der Waals surface area (Å²) in [7, 11) is 3.52. The van der Waals surface area contributed by atoms with Crippen LogP contribution in [-0.4, -0.2) is 48.5 Å². The Bertz CT molecular complexity index is 1000. The van der Waals surface area contributed by atoms with Gasteiger partial charge in [-0.25, -0.2) is 4.98 Å². The minimum atomic E-state index is -4.65. The van der Waals surface area contributed by atoms with Crippen LogP contribution in [0.2, 0.25) is 0 Å². The van der Waals surface area contributed by atoms with E-state index in [1.54, 1.807) is 37.3 Å². The number of nitrogen functional groups attached to an aromatic ring is 1. The van der Waals surface area contributed by atoms with Crippen LogP contribution in [0.5, 0.6) is 0 Å². The standard InChI is InChI=1S/C22H26F3N5O2/c1-30(2)19-11-16(26)13(12-27-14-6-8-15(31)9-7-14)10-18(19)29-21(32)17-4-3-5-20(28-17)22(23,24)25/h3-5,10-12,14-15,31H,6-9,26H2,1-2H3,(H,29,32). The Morgan fingerprint density at radius 3 is 2.56 bits per heavy atom. The van der Waals surface area contributed by atoms with E-state index in [0.29, 0.717) is 35.5 Å². The predicted molar refractivity (Wildman–Crippen MR) is 118 cm³/mol. The minimum Gasteiger partial charge on any atom is -0.398 e. The van der Waals surface area contributed by atoms with E-state index in [9.17, 15) is 23.1 Å². The number of nitrogens with zero attached hydrogens (tertiary/aromatic N) is 3. The molecule has 172 valence electrons. The molecule has 1 heterocycles. The quantitative estimate of drug-likeness (QED) is 0.477. The van der Waals surface area contributed by atoms with Gasteiger partial charge in [0.15, 0.2) is 0 Å². The van der Waals surface area contributed by atoms with Crippen molar-refractivity contribution in [3.8, 4) is 0 Å². The molecule has 10 heteroatoms. The van der Waals surface area contributed by atoms with Gasteiger partial charge in [-0.2, -0.15) is 13.2 Å². The van der Waals surface area contributed by atoms with E-state index in [0.717, 1.165) is 25.0 Å². The van der Waals surface area contributed by atoms with Gasteiger partial charge in [-0.3, -0.25) is 9.79 Å². The van der Waals surface area contributed by atoms with Crippen LogP contribution in [0.3, 0.4) is 0 Å². The molecule has 0 saturated heterocycles. The molecule has 1 aliphatic carbocycles. The van der Waals surface area contributed by atoms with Gasteiger partial charge in [0, 0.05) is 31.6 Å². The molecular weight excluding hydrogens is 423 g/mol. The first kappa shape index (κ1) is 23.5. The maximum atomic E-state index is 12.9. The summed E-state index contributed by atoms with van der Waals surface area (Å²) in [4.78, 5) is 22.4. The van der Waals surface area contributed by atoms with E-state index in [1.165, 1.54) is 6.07 Å². The van der Waals surface area contributed by atoms with Gasteiger partial charge in [0.2, 0.25) is 0 Å². The highest BCUT2D eigenvalue weighted by molar-refractivity contribution is 6.06. The number of rotatable bonds is 5. The summed E-state index contributed by atoms with van der Waals surface area (Å²) in [5.41, 5.74) is 6.66. The van der Waals surface area contributed by atoms with E-state index in [1.807, 2.05) is 0 Å². The molecule has 3 rings (SSSR count). The van der Waals surface area contributed by atoms with Gasteiger partial charge in [0.05, 0.1) is 23.5 Å². The Balaban J connectivity index is 1.86. The fourth-order valence-corrected chi connectivity index (χ4v) is 3.50. The molecule has 0 atom stereocenters. The number of aliphatic hydroxyl groups is 1. The Morgan fingerprint density at radius 2 is 1.94 bits per heavy atom. The molecule has 0 radical (unpaired) electrons. The summed E-state index contributed by atoms with van der Waals surface area (Å²) in [6.45, 7) is 0. The number of aliphatic imine (C=N–C) groups is 1. The van der Waals surface area contributed by atoms with E-state index in [2.05, 4.69) is 15.3 Å². The number of nitrogens with two attached hydrogens (primary N) is 1. The van der Waals surface area contributed by atoms with E-state index in [-0.39, 0.29) is 17.8 Å². The van der Waals surface area contributed by atoms with Gasteiger partial charge < -0.3 is 21.1 Å². The normalized spacial score (nSPS) is 19.2. The zero-order valence-corrected chi connectivity index (χ0v) is 17.9. The number of aromatic nitrogens is 1. The van der Waals surface area contributed by atoms with Gasteiger partial charge in [-0.1, -0.05) is 6.07 Å². The molecule has 1 amide bonds. The molecule has 1 aromatic carbocycles. The molecule has 7 nitrogen and oxygen atoms in total. The van der Waals surface area contributed by atoms with Gasteiger partial charge in [-0.05, 0) is 49.9 Å². The zero-order valence-electron chi connectivity index (χ0n) is 17.9. The summed E-state index contributed by atoms with van der Waals surface area (Å²) in [6.07, 6.45) is -0.348. The van der Waals surface area contributed by atoms with Gasteiger partial charge in [0.25, 0.3) is 5.91 Å². The number of hydrogen-bond donors (Lipinski definition) is 3. The summed E-state index contributed by atoms with van der Waals surface area (Å²) in [5.74, 6) is -0.770. The van der Waals surface area contributed by atoms with Crippen molar-refractivity contribution in [2.24, 2.45) is 4.99 Å². The van der Waals surface area contributed by atoms with Crippen molar-refractivity contribution >= 4 is 29.2 Å². The number of halogens is 3. The van der Waals surface area contributed by atoms with Crippen LogP contribution in [-0.2, 0) is 6.18 Å². The van der Waals surface area contributed by atoms with Crippen LogP contribution in [0.4, 0.5) is 30.2 Å². The number of aliphatic hydroxyl groups excluding tert-OH is 1. The third kappa shape index (κ3) is 5.76. The lowest BCUT2D eigenvalue weighted by Gasteiger charge is -2.22. The van der Waals surface area contributed by atoms with Crippen molar-refractivity contribution in [3.63, 3.8) is 0 Å². The predicted octanol–water partition coefficient (Wildman–Crippen LogP) is 3.72. The van der Waals surface area contributed by atoms with Crippen LogP contribution in [0.25, 0.3) is 0 Å². The number of anilines is 3. The lowest BCUT2D eigenvalue weighted by Crippen LogP contribution is -2.21. The molecule has 1 fully saturated rings. The molecular formula is C22H26F3N5O2. The number of amides is 1. The first-order valence-corrected chi connectivity index (χ1v) is 10.2. The van der Waals surface area contributed by atoms with Gasteiger partial charge in [0.1, 0.15) is 11.4 Å². The van der Waals surface area contributed by atoms with Crippen molar-refractivity contribution in [1.29, 1.82) is 0 Å². The van der Waals surface area contributed by atoms with Crippen LogP contribution in [0.15, 0.2) is 35.3 Å². The number of carbonyl (C=O) groups excluding carboxylic acids is 1. The molecule has 0 spiro atoms. The molecule has 1 aliphatic rings. The second-order valence-electron chi connectivity index (χ2n) is 7.99. The third-order valence-corrected chi connectivity index (χ3v) is 5.29. The number of carbonyl (C=O) groups is 1. The largest absolute Gasteiger partial charge is 0.433 e. The average Bonchev–Trinajstić information content (AvgIpc) is 2.74. The first-order valence-electron chi connectivity index (χ1n) is 10.2.